The van der Waals surface area contributed by atoms with Crippen molar-refractivity contribution in [3.05, 3.63) is 56.1 Å². The number of alkyl halides is 3. The van der Waals surface area contributed by atoms with Crippen LogP contribution in [0.5, 0.6) is 0 Å². The van der Waals surface area contributed by atoms with Crippen LogP contribution < -0.4 is 5.32 Å². The van der Waals surface area contributed by atoms with Gasteiger partial charge in [0.2, 0.25) is 0 Å². The molecule has 0 spiro atoms. The van der Waals surface area contributed by atoms with Gasteiger partial charge >= 0.3 is 6.18 Å². The van der Waals surface area contributed by atoms with E-state index in [0.717, 1.165) is 0 Å². The molecule has 2 heterocycles. The first-order chi connectivity index (χ1) is 15.4. The van der Waals surface area contributed by atoms with Gasteiger partial charge in [0, 0.05) is 24.1 Å². The molecule has 12 heteroatoms. The monoisotopic (exact) mass is 558 g/mol. The van der Waals surface area contributed by atoms with E-state index in [1.54, 1.807) is 26.0 Å². The van der Waals surface area contributed by atoms with Crippen LogP contribution in [0.25, 0.3) is 0 Å². The Labute approximate surface area is 212 Å². The second kappa shape index (κ2) is 10.4. The number of carbonyl (C=O) groups excluding carboxylic acids is 1. The van der Waals surface area contributed by atoms with E-state index < -0.39 is 22.1 Å². The zero-order valence-electron chi connectivity index (χ0n) is 17.6. The highest BCUT2D eigenvalue weighted by Gasteiger charge is 2.60. The van der Waals surface area contributed by atoms with Crippen molar-refractivity contribution in [1.29, 1.82) is 0 Å². The van der Waals surface area contributed by atoms with E-state index in [0.29, 0.717) is 40.3 Å². The van der Waals surface area contributed by atoms with Gasteiger partial charge in [0.05, 0.1) is 15.1 Å². The van der Waals surface area contributed by atoms with Crippen LogP contribution in [0, 0.1) is 0 Å². The van der Waals surface area contributed by atoms with Gasteiger partial charge in [-0.1, -0.05) is 47.0 Å². The van der Waals surface area contributed by atoms with E-state index in [9.17, 15) is 22.5 Å². The van der Waals surface area contributed by atoms with E-state index >= 15 is 0 Å². The molecule has 1 saturated heterocycles. The molecule has 4 nitrogen and oxygen atoms in total. The van der Waals surface area contributed by atoms with Crippen molar-refractivity contribution in [3.63, 3.8) is 0 Å². The summed E-state index contributed by atoms with van der Waals surface area (Å²) in [7, 11) is 0. The van der Waals surface area contributed by atoms with Crippen molar-refractivity contribution >= 4 is 69.5 Å². The molecule has 1 fully saturated rings. The van der Waals surface area contributed by atoms with Gasteiger partial charge in [-0.3, -0.25) is 4.79 Å². The number of rotatable bonds is 6. The minimum Gasteiger partial charge on any atom is -0.616 e. The molecule has 1 N–H and O–H groups in total. The van der Waals surface area contributed by atoms with E-state index in [-0.39, 0.29) is 45.4 Å². The van der Waals surface area contributed by atoms with Crippen LogP contribution in [-0.2, 0) is 20.7 Å². The highest BCUT2D eigenvalue weighted by Crippen LogP contribution is 2.57. The van der Waals surface area contributed by atoms with Gasteiger partial charge in [-0.15, -0.1) is 0 Å². The molecule has 2 aliphatic heterocycles. The van der Waals surface area contributed by atoms with Crippen LogP contribution in [0.2, 0.25) is 15.1 Å². The largest absolute Gasteiger partial charge is 0.616 e. The molecular weight excluding hydrogens is 540 g/mol. The maximum Gasteiger partial charge on any atom is 0.409 e. The molecule has 1 amide bonds. The van der Waals surface area contributed by atoms with Crippen molar-refractivity contribution in [2.75, 3.05) is 11.5 Å². The molecule has 0 aliphatic carbocycles. The van der Waals surface area contributed by atoms with Crippen LogP contribution >= 0.6 is 46.8 Å². The zero-order chi connectivity index (χ0) is 24.6. The molecule has 180 valence electrons. The topological polar surface area (TPSA) is 64.5 Å². The molecule has 1 atom stereocenters. The summed E-state index contributed by atoms with van der Waals surface area (Å²) in [6, 6.07) is 2.22. The number of hydrogen-bond donors (Lipinski definition) is 1. The number of benzene rings is 1. The lowest BCUT2D eigenvalue weighted by molar-refractivity contribution is -0.159. The predicted octanol–water partition coefficient (Wildman–Crippen LogP) is 6.43. The first-order valence-corrected chi connectivity index (χ1v) is 13.2. The quantitative estimate of drug-likeness (QED) is 0.144. The number of halogens is 6. The summed E-state index contributed by atoms with van der Waals surface area (Å²) in [5.74, 6) is 0.556. The normalized spacial score (nSPS) is 26.2. The molecule has 33 heavy (non-hydrogen) atoms. The molecule has 1 aromatic carbocycles. The molecule has 1 unspecified atom stereocenters. The zero-order valence-corrected chi connectivity index (χ0v) is 21.5. The first kappa shape index (κ1) is 26.8. The SMILES string of the molecule is C/C=C(C(=O)NC1C[S+]([O-])C1)\C(C)=C/CC1=NSC(c2cc(Cl)c(Cl)c(Cl)c2)(C(F)(F)F)C1. The van der Waals surface area contributed by atoms with Crippen LogP contribution in [0.15, 0.2) is 39.8 Å². The molecule has 1 aromatic rings. The molecule has 2 aliphatic rings. The van der Waals surface area contributed by atoms with Crippen LogP contribution in [0.3, 0.4) is 0 Å². The van der Waals surface area contributed by atoms with Crippen LogP contribution in [0.4, 0.5) is 13.2 Å². The molecule has 0 aromatic heterocycles. The van der Waals surface area contributed by atoms with Crippen molar-refractivity contribution in [2.24, 2.45) is 4.40 Å². The van der Waals surface area contributed by atoms with E-state index in [4.69, 9.17) is 34.8 Å². The Morgan fingerprint density at radius 2 is 1.94 bits per heavy atom. The van der Waals surface area contributed by atoms with Crippen LogP contribution in [-0.4, -0.2) is 39.9 Å². The number of nitrogens with zero attached hydrogens (tertiary/aromatic N) is 1. The predicted molar refractivity (Wildman–Crippen MR) is 131 cm³/mol. The minimum absolute atomic E-state index is 0.00703. The lowest BCUT2D eigenvalue weighted by atomic mass is 9.90. The number of amides is 1. The molecule has 0 radical (unpaired) electrons. The summed E-state index contributed by atoms with van der Waals surface area (Å²) < 4.78 is 55.6. The fourth-order valence-corrected chi connectivity index (χ4v) is 6.07. The highest BCUT2D eigenvalue weighted by molar-refractivity contribution is 7.99. The Kier molecular flexibility index (Phi) is 8.45. The molecule has 0 saturated carbocycles. The number of nitrogens with one attached hydrogen (secondary N) is 1. The van der Waals surface area contributed by atoms with Gasteiger partial charge < -0.3 is 9.87 Å². The van der Waals surface area contributed by atoms with Gasteiger partial charge in [0.25, 0.3) is 5.91 Å². The summed E-state index contributed by atoms with van der Waals surface area (Å²) in [6.45, 7) is 3.42. The lowest BCUT2D eigenvalue weighted by Gasteiger charge is -2.30. The van der Waals surface area contributed by atoms with Gasteiger partial charge in [0.15, 0.2) is 4.75 Å². The molecular formula is C21H20Cl3F3N2O2S2. The van der Waals surface area contributed by atoms with Crippen molar-refractivity contribution < 1.29 is 22.5 Å². The fraction of sp³-hybridized carbons (Fsp3) is 0.429. The third-order valence-corrected chi connectivity index (χ3v) is 9.42. The Morgan fingerprint density at radius 1 is 1.33 bits per heavy atom. The van der Waals surface area contributed by atoms with Crippen molar-refractivity contribution in [2.45, 2.75) is 43.7 Å². The van der Waals surface area contributed by atoms with E-state index in [2.05, 4.69) is 9.71 Å². The highest BCUT2D eigenvalue weighted by atomic mass is 35.5. The Morgan fingerprint density at radius 3 is 2.45 bits per heavy atom. The van der Waals surface area contributed by atoms with Gasteiger partial charge in [-0.25, -0.2) is 4.40 Å². The second-order valence-electron chi connectivity index (χ2n) is 7.74. The maximum absolute atomic E-state index is 14.2. The number of hydrogen-bond acceptors (Lipinski definition) is 4. The van der Waals surface area contributed by atoms with Crippen molar-refractivity contribution in [1.82, 2.24) is 5.32 Å². The first-order valence-electron chi connectivity index (χ1n) is 9.83. The summed E-state index contributed by atoms with van der Waals surface area (Å²) >= 11 is 17.4. The molecule has 0 bridgehead atoms. The third kappa shape index (κ3) is 5.70. The Balaban J connectivity index is 1.75. The smallest absolute Gasteiger partial charge is 0.409 e. The Hall–Kier alpha value is -0.840. The van der Waals surface area contributed by atoms with Gasteiger partial charge in [0.1, 0.15) is 17.5 Å². The summed E-state index contributed by atoms with van der Waals surface area (Å²) in [5, 5.41) is 2.68. The minimum atomic E-state index is -4.63. The standard InChI is InChI=1S/C21H20Cl3F3N2O2S2/c1-3-15(19(30)28-14-9-33(31)10-14)11(2)4-5-13-8-20(32-29-13,21(25,26)27)12-6-16(22)18(24)17(23)7-12/h3-4,6-7,14H,5,8-10H2,1-2H3,(H,28,30)/b11-4-,15-3+. The summed E-state index contributed by atoms with van der Waals surface area (Å²) in [6.07, 6.45) is -1.55. The van der Waals surface area contributed by atoms with E-state index in [1.807, 2.05) is 0 Å². The average Bonchev–Trinajstić information content (AvgIpc) is 3.15. The lowest BCUT2D eigenvalue weighted by Crippen LogP contribution is -2.53. The summed E-state index contributed by atoms with van der Waals surface area (Å²) in [4.78, 5) is 12.5. The third-order valence-electron chi connectivity index (χ3n) is 5.40. The fourth-order valence-electron chi connectivity index (χ4n) is 3.53. The Bertz CT molecular complexity index is 1020. The van der Waals surface area contributed by atoms with Gasteiger partial charge in [-0.2, -0.15) is 13.2 Å². The van der Waals surface area contributed by atoms with E-state index in [1.165, 1.54) is 12.1 Å². The number of carbonyl (C=O) groups is 1. The number of allylic oxidation sites excluding steroid dienone is 2. The van der Waals surface area contributed by atoms with Crippen molar-refractivity contribution in [3.8, 4) is 0 Å². The van der Waals surface area contributed by atoms with Crippen LogP contribution in [0.1, 0.15) is 32.3 Å². The maximum atomic E-state index is 14.2. The van der Waals surface area contributed by atoms with Gasteiger partial charge in [-0.05, 0) is 60.2 Å². The second-order valence-corrected chi connectivity index (χ2v) is 11.5. The average molecular weight is 560 g/mol. The summed E-state index contributed by atoms with van der Waals surface area (Å²) in [5.41, 5.74) is 1.23. The molecule has 3 rings (SSSR count).